The quantitative estimate of drug-likeness (QED) is 0.894. The first-order chi connectivity index (χ1) is 10.3. The van der Waals surface area contributed by atoms with Crippen LogP contribution >= 0.6 is 0 Å². The molecule has 5 heteroatoms. The zero-order valence-corrected chi connectivity index (χ0v) is 13.7. The molecule has 120 valence electrons. The minimum atomic E-state index is -0.194. The highest BCUT2D eigenvalue weighted by atomic mass is 16.2. The molecule has 1 aliphatic carbocycles. The Morgan fingerprint density at radius 1 is 1.59 bits per heavy atom. The molecule has 0 aromatic carbocycles. The number of carbonyl (C=O) groups is 1. The number of nitrogens with one attached hydrogen (secondary N) is 1. The van der Waals surface area contributed by atoms with Crippen LogP contribution in [0.1, 0.15) is 37.9 Å². The molecule has 2 atom stereocenters. The van der Waals surface area contributed by atoms with Crippen molar-refractivity contribution < 1.29 is 4.79 Å². The molecule has 2 aliphatic rings. The molecule has 2 amide bonds. The van der Waals surface area contributed by atoms with Crippen LogP contribution in [0.25, 0.3) is 0 Å². The summed E-state index contributed by atoms with van der Waals surface area (Å²) < 4.78 is 0. The van der Waals surface area contributed by atoms with Gasteiger partial charge in [-0.25, -0.2) is 4.79 Å². The first kappa shape index (κ1) is 15.3. The lowest BCUT2D eigenvalue weighted by Gasteiger charge is -2.39. The Morgan fingerprint density at radius 3 is 2.91 bits per heavy atom. The first-order valence-electron chi connectivity index (χ1n) is 8.06. The molecule has 1 saturated carbocycles. The normalized spacial score (nSPS) is 27.3. The highest BCUT2D eigenvalue weighted by Crippen LogP contribution is 2.42. The van der Waals surface area contributed by atoms with E-state index in [0.717, 1.165) is 30.6 Å². The number of likely N-dealkylation sites (tertiary alicyclic amines) is 1. The molecule has 1 aliphatic heterocycles. The standard InChI is InChI=1S/C17H26N4O/c1-12-5-4-8-19-14(12)16(2,3)10-20-15(22)21-9-13-6-7-17(13,18)11-21/h4-5,8,13H,6-7,9-11,18H2,1-3H3,(H,20,22)/t13-,17-/m0/s1. The Bertz CT molecular complexity index is 586. The van der Waals surface area contributed by atoms with E-state index >= 15 is 0 Å². The van der Waals surface area contributed by atoms with Gasteiger partial charge in [0, 0.05) is 36.8 Å². The molecule has 1 aromatic heterocycles. The van der Waals surface area contributed by atoms with Gasteiger partial charge in [-0.05, 0) is 37.3 Å². The minimum Gasteiger partial charge on any atom is -0.337 e. The Morgan fingerprint density at radius 2 is 2.36 bits per heavy atom. The number of hydrogen-bond acceptors (Lipinski definition) is 3. The lowest BCUT2D eigenvalue weighted by Crippen LogP contribution is -2.55. The van der Waals surface area contributed by atoms with Gasteiger partial charge >= 0.3 is 6.03 Å². The number of nitrogens with zero attached hydrogens (tertiary/aromatic N) is 2. The fraction of sp³-hybridized carbons (Fsp3) is 0.647. The summed E-state index contributed by atoms with van der Waals surface area (Å²) in [4.78, 5) is 18.8. The number of pyridine rings is 1. The largest absolute Gasteiger partial charge is 0.337 e. The molecule has 3 N–H and O–H groups in total. The van der Waals surface area contributed by atoms with Gasteiger partial charge in [0.1, 0.15) is 0 Å². The molecule has 1 saturated heterocycles. The van der Waals surface area contributed by atoms with E-state index in [0.29, 0.717) is 19.0 Å². The van der Waals surface area contributed by atoms with E-state index in [9.17, 15) is 4.79 Å². The lowest BCUT2D eigenvalue weighted by atomic mass is 9.70. The number of nitrogens with two attached hydrogens (primary N) is 1. The van der Waals surface area contributed by atoms with E-state index in [1.807, 2.05) is 17.2 Å². The zero-order chi connectivity index (χ0) is 16.0. The van der Waals surface area contributed by atoms with Gasteiger partial charge in [0.05, 0.1) is 5.69 Å². The van der Waals surface area contributed by atoms with Crippen molar-refractivity contribution in [2.24, 2.45) is 11.7 Å². The molecule has 2 fully saturated rings. The van der Waals surface area contributed by atoms with Gasteiger partial charge in [-0.3, -0.25) is 4.98 Å². The van der Waals surface area contributed by atoms with Gasteiger partial charge in [0.15, 0.2) is 0 Å². The van der Waals surface area contributed by atoms with Crippen molar-refractivity contribution in [1.29, 1.82) is 0 Å². The minimum absolute atomic E-state index is 0.000819. The Kier molecular flexibility index (Phi) is 3.63. The topological polar surface area (TPSA) is 71.2 Å². The number of fused-ring (bicyclic) bond motifs is 1. The number of rotatable bonds is 3. The van der Waals surface area contributed by atoms with Crippen LogP contribution in [0.5, 0.6) is 0 Å². The number of amides is 2. The highest BCUT2D eigenvalue weighted by molar-refractivity contribution is 5.75. The van der Waals surface area contributed by atoms with Crippen LogP contribution in [0.2, 0.25) is 0 Å². The third-order valence-corrected chi connectivity index (χ3v) is 5.32. The average molecular weight is 302 g/mol. The molecule has 0 bridgehead atoms. The van der Waals surface area contributed by atoms with Gasteiger partial charge in [-0.1, -0.05) is 19.9 Å². The molecule has 3 rings (SSSR count). The number of carbonyl (C=O) groups excluding carboxylic acids is 1. The van der Waals surface area contributed by atoms with Crippen LogP contribution in [0.15, 0.2) is 18.3 Å². The average Bonchev–Trinajstić information content (AvgIpc) is 2.69. The van der Waals surface area contributed by atoms with Crippen LogP contribution in [0.4, 0.5) is 4.79 Å². The molecule has 5 nitrogen and oxygen atoms in total. The zero-order valence-electron chi connectivity index (χ0n) is 13.7. The van der Waals surface area contributed by atoms with E-state index in [-0.39, 0.29) is 17.0 Å². The SMILES string of the molecule is Cc1cccnc1C(C)(C)CNC(=O)N1C[C@@H]2CC[C@]2(N)C1. The monoisotopic (exact) mass is 302 g/mol. The van der Waals surface area contributed by atoms with E-state index in [1.54, 1.807) is 0 Å². The van der Waals surface area contributed by atoms with E-state index in [2.05, 4.69) is 37.1 Å². The predicted molar refractivity (Wildman–Crippen MR) is 86.6 cm³/mol. The molecule has 2 heterocycles. The fourth-order valence-corrected chi connectivity index (χ4v) is 3.73. The number of urea groups is 1. The number of hydrogen-bond donors (Lipinski definition) is 2. The van der Waals surface area contributed by atoms with Crippen molar-refractivity contribution in [1.82, 2.24) is 15.2 Å². The Labute approximate surface area is 132 Å². The lowest BCUT2D eigenvalue weighted by molar-refractivity contribution is 0.187. The number of aryl methyl sites for hydroxylation is 1. The van der Waals surface area contributed by atoms with Crippen molar-refractivity contribution in [3.63, 3.8) is 0 Å². The van der Waals surface area contributed by atoms with Crippen LogP contribution < -0.4 is 11.1 Å². The molecule has 0 unspecified atom stereocenters. The summed E-state index contributed by atoms with van der Waals surface area (Å²) in [6, 6.07) is 4.00. The second-order valence-electron chi connectivity index (χ2n) is 7.56. The van der Waals surface area contributed by atoms with Crippen molar-refractivity contribution in [2.75, 3.05) is 19.6 Å². The van der Waals surface area contributed by atoms with Crippen LogP contribution in [0.3, 0.4) is 0 Å². The molecular weight excluding hydrogens is 276 g/mol. The summed E-state index contributed by atoms with van der Waals surface area (Å²) in [5.41, 5.74) is 8.17. The molecule has 1 aromatic rings. The smallest absolute Gasteiger partial charge is 0.317 e. The first-order valence-corrected chi connectivity index (χ1v) is 8.06. The van der Waals surface area contributed by atoms with Crippen molar-refractivity contribution in [2.45, 2.75) is 44.6 Å². The highest BCUT2D eigenvalue weighted by Gasteiger charge is 2.51. The maximum atomic E-state index is 12.4. The third-order valence-electron chi connectivity index (χ3n) is 5.32. The summed E-state index contributed by atoms with van der Waals surface area (Å²) in [6.45, 7) is 8.34. The van der Waals surface area contributed by atoms with Gasteiger partial charge in [0.25, 0.3) is 0 Å². The van der Waals surface area contributed by atoms with Gasteiger partial charge in [0.2, 0.25) is 0 Å². The van der Waals surface area contributed by atoms with E-state index in [1.165, 1.54) is 0 Å². The van der Waals surface area contributed by atoms with Gasteiger partial charge in [-0.15, -0.1) is 0 Å². The van der Waals surface area contributed by atoms with Crippen molar-refractivity contribution in [3.05, 3.63) is 29.6 Å². The third kappa shape index (κ3) is 2.58. The molecule has 0 spiro atoms. The fourth-order valence-electron chi connectivity index (χ4n) is 3.73. The predicted octanol–water partition coefficient (Wildman–Crippen LogP) is 1.80. The van der Waals surface area contributed by atoms with E-state index in [4.69, 9.17) is 5.73 Å². The van der Waals surface area contributed by atoms with Gasteiger partial charge < -0.3 is 16.0 Å². The summed E-state index contributed by atoms with van der Waals surface area (Å²) in [5, 5.41) is 3.07. The molecule has 0 radical (unpaired) electrons. The second-order valence-corrected chi connectivity index (χ2v) is 7.56. The Balaban J connectivity index is 1.60. The summed E-state index contributed by atoms with van der Waals surface area (Å²) in [6.07, 6.45) is 4.00. The van der Waals surface area contributed by atoms with Crippen LogP contribution in [-0.2, 0) is 5.41 Å². The van der Waals surface area contributed by atoms with Crippen molar-refractivity contribution >= 4 is 6.03 Å². The maximum Gasteiger partial charge on any atom is 0.317 e. The molecular formula is C17H26N4O. The summed E-state index contributed by atoms with van der Waals surface area (Å²) in [7, 11) is 0. The summed E-state index contributed by atoms with van der Waals surface area (Å²) >= 11 is 0. The summed E-state index contributed by atoms with van der Waals surface area (Å²) in [5.74, 6) is 0.490. The Hall–Kier alpha value is -1.62. The van der Waals surface area contributed by atoms with Crippen LogP contribution in [-0.4, -0.2) is 41.1 Å². The maximum absolute atomic E-state index is 12.4. The van der Waals surface area contributed by atoms with Crippen LogP contribution in [0, 0.1) is 12.8 Å². The molecule has 22 heavy (non-hydrogen) atoms. The van der Waals surface area contributed by atoms with Gasteiger partial charge in [-0.2, -0.15) is 0 Å². The number of aromatic nitrogens is 1. The van der Waals surface area contributed by atoms with Crippen molar-refractivity contribution in [3.8, 4) is 0 Å². The second kappa shape index (κ2) is 5.23. The van der Waals surface area contributed by atoms with E-state index < -0.39 is 0 Å².